The summed E-state index contributed by atoms with van der Waals surface area (Å²) in [4.78, 5) is 38.7. The summed E-state index contributed by atoms with van der Waals surface area (Å²) in [5.74, 6) is -0.564. The van der Waals surface area contributed by atoms with Crippen LogP contribution in [-0.4, -0.2) is 60.2 Å². The highest BCUT2D eigenvalue weighted by Crippen LogP contribution is 2.22. The van der Waals surface area contributed by atoms with Crippen molar-refractivity contribution in [3.05, 3.63) is 33.8 Å². The lowest BCUT2D eigenvalue weighted by Crippen LogP contribution is -2.52. The van der Waals surface area contributed by atoms with Crippen molar-refractivity contribution in [3.8, 4) is 0 Å². The largest absolute Gasteiger partial charge is 0.343 e. The highest BCUT2D eigenvalue weighted by atomic mass is 35.5. The molecular formula is C15H17Cl2N3O3. The average Bonchev–Trinajstić information content (AvgIpc) is 2.54. The summed E-state index contributed by atoms with van der Waals surface area (Å²) in [6.07, 6.45) is 0. The molecule has 1 aliphatic rings. The van der Waals surface area contributed by atoms with E-state index >= 15 is 0 Å². The number of halogens is 2. The van der Waals surface area contributed by atoms with Crippen LogP contribution in [0.1, 0.15) is 17.3 Å². The first-order valence-electron chi connectivity index (χ1n) is 7.15. The maximum atomic E-state index is 12.1. The van der Waals surface area contributed by atoms with Gasteiger partial charge >= 0.3 is 0 Å². The van der Waals surface area contributed by atoms with Crippen LogP contribution in [0.3, 0.4) is 0 Å². The van der Waals surface area contributed by atoms with Crippen LogP contribution >= 0.6 is 23.2 Å². The van der Waals surface area contributed by atoms with Gasteiger partial charge in [-0.3, -0.25) is 14.4 Å². The number of carbonyl (C=O) groups is 3. The predicted molar refractivity (Wildman–Crippen MR) is 87.6 cm³/mol. The molecule has 0 spiro atoms. The van der Waals surface area contributed by atoms with Gasteiger partial charge in [-0.15, -0.1) is 0 Å². The lowest BCUT2D eigenvalue weighted by Gasteiger charge is -2.34. The van der Waals surface area contributed by atoms with Gasteiger partial charge in [0.1, 0.15) is 0 Å². The number of carbonyl (C=O) groups excluding carboxylic acids is 3. The molecule has 0 radical (unpaired) electrons. The molecule has 0 unspecified atom stereocenters. The summed E-state index contributed by atoms with van der Waals surface area (Å²) in [6, 6.07) is 4.52. The van der Waals surface area contributed by atoms with Gasteiger partial charge in [-0.1, -0.05) is 23.2 Å². The zero-order valence-corrected chi connectivity index (χ0v) is 14.2. The van der Waals surface area contributed by atoms with Crippen molar-refractivity contribution in [2.45, 2.75) is 6.92 Å². The standard InChI is InChI=1S/C15H17Cl2N3O3/c1-10(21)19-4-6-20(7-5-19)14(22)9-18-15(23)11-2-3-12(16)13(17)8-11/h2-3,8H,4-7,9H2,1H3,(H,18,23). The van der Waals surface area contributed by atoms with Crippen molar-refractivity contribution >= 4 is 40.9 Å². The summed E-state index contributed by atoms with van der Waals surface area (Å²) in [5.41, 5.74) is 0.341. The van der Waals surface area contributed by atoms with Crippen LogP contribution in [0.25, 0.3) is 0 Å². The SMILES string of the molecule is CC(=O)N1CCN(C(=O)CNC(=O)c2ccc(Cl)c(Cl)c2)CC1. The average molecular weight is 358 g/mol. The summed E-state index contributed by atoms with van der Waals surface area (Å²) in [7, 11) is 0. The zero-order valence-electron chi connectivity index (χ0n) is 12.6. The third-order valence-electron chi connectivity index (χ3n) is 3.66. The molecule has 0 bridgehead atoms. The first-order valence-corrected chi connectivity index (χ1v) is 7.90. The van der Waals surface area contributed by atoms with E-state index in [0.717, 1.165) is 0 Å². The first kappa shape index (κ1) is 17.6. The molecule has 0 saturated carbocycles. The van der Waals surface area contributed by atoms with Gasteiger partial charge < -0.3 is 15.1 Å². The van der Waals surface area contributed by atoms with E-state index in [-0.39, 0.29) is 29.3 Å². The number of benzene rings is 1. The van der Waals surface area contributed by atoms with E-state index < -0.39 is 0 Å². The molecule has 2 rings (SSSR count). The first-order chi connectivity index (χ1) is 10.9. The Morgan fingerprint density at radius 2 is 1.65 bits per heavy atom. The molecular weight excluding hydrogens is 341 g/mol. The van der Waals surface area contributed by atoms with Gasteiger partial charge in [0.25, 0.3) is 5.91 Å². The number of rotatable bonds is 3. The molecule has 0 atom stereocenters. The van der Waals surface area contributed by atoms with E-state index in [1.54, 1.807) is 15.9 Å². The van der Waals surface area contributed by atoms with Crippen LogP contribution in [0.5, 0.6) is 0 Å². The van der Waals surface area contributed by atoms with Gasteiger partial charge in [0.15, 0.2) is 0 Å². The van der Waals surface area contributed by atoms with Gasteiger partial charge in [-0.25, -0.2) is 0 Å². The van der Waals surface area contributed by atoms with Gasteiger partial charge in [-0.05, 0) is 18.2 Å². The van der Waals surface area contributed by atoms with E-state index in [2.05, 4.69) is 5.32 Å². The fraction of sp³-hybridized carbons (Fsp3) is 0.400. The van der Waals surface area contributed by atoms with Crippen LogP contribution in [0.4, 0.5) is 0 Å². The molecule has 1 heterocycles. The Bertz CT molecular complexity index is 628. The lowest BCUT2D eigenvalue weighted by atomic mass is 10.2. The van der Waals surface area contributed by atoms with Crippen molar-refractivity contribution in [2.24, 2.45) is 0 Å². The molecule has 1 N–H and O–H groups in total. The molecule has 1 aliphatic heterocycles. The number of piperazine rings is 1. The second kappa shape index (κ2) is 7.66. The third-order valence-corrected chi connectivity index (χ3v) is 4.40. The fourth-order valence-corrected chi connectivity index (χ4v) is 2.58. The van der Waals surface area contributed by atoms with Crippen molar-refractivity contribution in [1.29, 1.82) is 0 Å². The highest BCUT2D eigenvalue weighted by molar-refractivity contribution is 6.42. The molecule has 1 aromatic rings. The van der Waals surface area contributed by atoms with E-state index in [0.29, 0.717) is 36.8 Å². The van der Waals surface area contributed by atoms with Crippen LogP contribution in [0, 0.1) is 0 Å². The van der Waals surface area contributed by atoms with Crippen molar-refractivity contribution in [3.63, 3.8) is 0 Å². The number of nitrogens with zero attached hydrogens (tertiary/aromatic N) is 2. The normalized spacial score (nSPS) is 14.6. The Morgan fingerprint density at radius 1 is 1.04 bits per heavy atom. The Kier molecular flexibility index (Phi) is 5.85. The van der Waals surface area contributed by atoms with Gasteiger partial charge in [0.05, 0.1) is 16.6 Å². The summed E-state index contributed by atoms with van der Waals surface area (Å²) < 4.78 is 0. The Morgan fingerprint density at radius 3 is 2.22 bits per heavy atom. The molecule has 8 heteroatoms. The van der Waals surface area contributed by atoms with Crippen LogP contribution in [0.15, 0.2) is 18.2 Å². The van der Waals surface area contributed by atoms with E-state index in [4.69, 9.17) is 23.2 Å². The topological polar surface area (TPSA) is 69.7 Å². The molecule has 3 amide bonds. The Hall–Kier alpha value is -1.79. The predicted octanol–water partition coefficient (Wildman–Crippen LogP) is 1.41. The summed E-state index contributed by atoms with van der Waals surface area (Å²) >= 11 is 11.7. The fourth-order valence-electron chi connectivity index (χ4n) is 2.28. The quantitative estimate of drug-likeness (QED) is 0.889. The lowest BCUT2D eigenvalue weighted by molar-refractivity contribution is -0.137. The van der Waals surface area contributed by atoms with Gasteiger partial charge in [0.2, 0.25) is 11.8 Å². The number of amides is 3. The monoisotopic (exact) mass is 357 g/mol. The molecule has 1 fully saturated rings. The van der Waals surface area contributed by atoms with Crippen molar-refractivity contribution < 1.29 is 14.4 Å². The maximum absolute atomic E-state index is 12.1. The minimum absolute atomic E-state index is 0.00465. The highest BCUT2D eigenvalue weighted by Gasteiger charge is 2.22. The van der Waals surface area contributed by atoms with E-state index in [1.807, 2.05) is 0 Å². The second-order valence-corrected chi connectivity index (χ2v) is 6.01. The molecule has 6 nitrogen and oxygen atoms in total. The van der Waals surface area contributed by atoms with Gasteiger partial charge in [0, 0.05) is 38.7 Å². The molecule has 124 valence electrons. The van der Waals surface area contributed by atoms with Crippen LogP contribution in [-0.2, 0) is 9.59 Å². The molecule has 1 saturated heterocycles. The molecule has 0 aliphatic carbocycles. The Labute approximate surface area is 144 Å². The number of hydrogen-bond donors (Lipinski definition) is 1. The maximum Gasteiger partial charge on any atom is 0.251 e. The Balaban J connectivity index is 1.83. The summed E-state index contributed by atoms with van der Waals surface area (Å²) in [5, 5.41) is 3.21. The number of hydrogen-bond acceptors (Lipinski definition) is 3. The molecule has 23 heavy (non-hydrogen) atoms. The van der Waals surface area contributed by atoms with Crippen LogP contribution < -0.4 is 5.32 Å². The smallest absolute Gasteiger partial charge is 0.251 e. The van der Waals surface area contributed by atoms with Gasteiger partial charge in [-0.2, -0.15) is 0 Å². The summed E-state index contributed by atoms with van der Waals surface area (Å²) in [6.45, 7) is 3.39. The minimum Gasteiger partial charge on any atom is -0.343 e. The number of nitrogens with one attached hydrogen (secondary N) is 1. The molecule has 1 aromatic carbocycles. The van der Waals surface area contributed by atoms with Crippen LogP contribution in [0.2, 0.25) is 10.0 Å². The van der Waals surface area contributed by atoms with E-state index in [1.165, 1.54) is 19.1 Å². The van der Waals surface area contributed by atoms with Crippen molar-refractivity contribution in [1.82, 2.24) is 15.1 Å². The van der Waals surface area contributed by atoms with E-state index in [9.17, 15) is 14.4 Å². The second-order valence-electron chi connectivity index (χ2n) is 5.20. The minimum atomic E-state index is -0.390. The van der Waals surface area contributed by atoms with Crippen molar-refractivity contribution in [2.75, 3.05) is 32.7 Å². The zero-order chi connectivity index (χ0) is 17.0. The molecule has 0 aromatic heterocycles. The third kappa shape index (κ3) is 4.59.